The lowest BCUT2D eigenvalue weighted by atomic mass is 10.5. The minimum Gasteiger partial charge on any atom is -0.203 e. The molecule has 6 heteroatoms. The molecule has 0 unspecified atom stereocenters. The molecule has 0 saturated heterocycles. The molecular formula is C6H3F2N3S. The first-order valence-electron chi connectivity index (χ1n) is 2.92. The Bertz CT molecular complexity index is 337. The number of aliphatic imine (C=N–C) groups is 1. The average molecular weight is 187 g/mol. The summed E-state index contributed by atoms with van der Waals surface area (Å²) in [6, 6.07) is 0. The van der Waals surface area contributed by atoms with Gasteiger partial charge >= 0.3 is 0 Å². The van der Waals surface area contributed by atoms with Gasteiger partial charge in [0, 0.05) is 0 Å². The molecule has 0 amide bonds. The molecule has 12 heavy (non-hydrogen) atoms. The molecule has 1 heterocycles. The average Bonchev–Trinajstić information content (AvgIpc) is 1.96. The third kappa shape index (κ3) is 1.66. The fourth-order valence-corrected chi connectivity index (χ4v) is 0.729. The molecule has 0 fully saturated rings. The second kappa shape index (κ2) is 3.42. The zero-order valence-electron chi connectivity index (χ0n) is 6.01. The zero-order chi connectivity index (χ0) is 9.14. The third-order valence-electron chi connectivity index (χ3n) is 1.07. The second-order valence-electron chi connectivity index (χ2n) is 1.90. The van der Waals surface area contributed by atoms with Gasteiger partial charge in [0.25, 0.3) is 0 Å². The van der Waals surface area contributed by atoms with Crippen molar-refractivity contribution in [2.24, 2.45) is 4.99 Å². The Morgan fingerprint density at radius 2 is 1.83 bits per heavy atom. The largest absolute Gasteiger partial charge is 0.246 e. The van der Waals surface area contributed by atoms with E-state index in [4.69, 9.17) is 0 Å². The van der Waals surface area contributed by atoms with Crippen molar-refractivity contribution in [1.29, 1.82) is 0 Å². The van der Waals surface area contributed by atoms with E-state index >= 15 is 0 Å². The number of halogens is 2. The molecule has 0 aromatic carbocycles. The lowest BCUT2D eigenvalue weighted by Gasteiger charge is -1.96. The van der Waals surface area contributed by atoms with E-state index in [0.717, 1.165) is 0 Å². The highest BCUT2D eigenvalue weighted by Gasteiger charge is 2.10. The van der Waals surface area contributed by atoms with E-state index in [-0.39, 0.29) is 5.82 Å². The minimum atomic E-state index is -1.03. The summed E-state index contributed by atoms with van der Waals surface area (Å²) in [5.41, 5.74) is -0.601. The van der Waals surface area contributed by atoms with Crippen LogP contribution in [0.5, 0.6) is 0 Å². The van der Waals surface area contributed by atoms with Crippen LogP contribution in [0.1, 0.15) is 5.82 Å². The first-order chi connectivity index (χ1) is 5.65. The first-order valence-corrected chi connectivity index (χ1v) is 3.33. The number of hydrogen-bond acceptors (Lipinski definition) is 4. The number of rotatable bonds is 1. The summed E-state index contributed by atoms with van der Waals surface area (Å²) in [7, 11) is 0. The summed E-state index contributed by atoms with van der Waals surface area (Å²) >= 11 is 4.18. The molecule has 0 aliphatic heterocycles. The SMILES string of the molecule is Cc1nc(F)c(N=C=S)c(F)n1. The van der Waals surface area contributed by atoms with Crippen LogP contribution in [-0.2, 0) is 0 Å². The fraction of sp³-hybridized carbons (Fsp3) is 0.167. The zero-order valence-corrected chi connectivity index (χ0v) is 6.82. The van der Waals surface area contributed by atoms with Gasteiger partial charge in [0.2, 0.25) is 11.9 Å². The molecule has 0 bridgehead atoms. The van der Waals surface area contributed by atoms with Gasteiger partial charge in [-0.2, -0.15) is 13.8 Å². The molecule has 0 radical (unpaired) electrons. The van der Waals surface area contributed by atoms with Gasteiger partial charge in [0.1, 0.15) is 5.82 Å². The van der Waals surface area contributed by atoms with Crippen LogP contribution < -0.4 is 0 Å². The number of isothiocyanates is 1. The van der Waals surface area contributed by atoms with Crippen LogP contribution in [-0.4, -0.2) is 15.1 Å². The van der Waals surface area contributed by atoms with Crippen molar-refractivity contribution in [3.05, 3.63) is 17.7 Å². The summed E-state index contributed by atoms with van der Waals surface area (Å²) in [4.78, 5) is 9.65. The minimum absolute atomic E-state index is 0.00770. The highest BCUT2D eigenvalue weighted by Crippen LogP contribution is 2.17. The number of thiocarbonyl (C=S) groups is 1. The van der Waals surface area contributed by atoms with Crippen LogP contribution in [0.2, 0.25) is 0 Å². The normalized spacial score (nSPS) is 9.25. The van der Waals surface area contributed by atoms with Crippen molar-refractivity contribution in [3.63, 3.8) is 0 Å². The second-order valence-corrected chi connectivity index (χ2v) is 2.09. The van der Waals surface area contributed by atoms with E-state index in [1.165, 1.54) is 6.92 Å². The van der Waals surface area contributed by atoms with E-state index in [1.54, 1.807) is 0 Å². The molecule has 0 aliphatic carbocycles. The van der Waals surface area contributed by atoms with E-state index < -0.39 is 17.6 Å². The monoisotopic (exact) mass is 187 g/mol. The molecule has 1 rings (SSSR count). The molecule has 1 aromatic rings. The van der Waals surface area contributed by atoms with E-state index in [0.29, 0.717) is 0 Å². The van der Waals surface area contributed by atoms with Crippen molar-refractivity contribution in [1.82, 2.24) is 9.97 Å². The van der Waals surface area contributed by atoms with Crippen molar-refractivity contribution < 1.29 is 8.78 Å². The van der Waals surface area contributed by atoms with Gasteiger partial charge in [-0.05, 0) is 19.1 Å². The summed E-state index contributed by atoms with van der Waals surface area (Å²) in [5.74, 6) is -2.05. The van der Waals surface area contributed by atoms with E-state index in [9.17, 15) is 8.78 Å². The molecular weight excluding hydrogens is 184 g/mol. The van der Waals surface area contributed by atoms with E-state index in [1.807, 2.05) is 5.16 Å². The number of aromatic nitrogens is 2. The third-order valence-corrected chi connectivity index (χ3v) is 1.16. The van der Waals surface area contributed by atoms with Gasteiger partial charge in [-0.15, -0.1) is 0 Å². The Balaban J connectivity index is 3.37. The van der Waals surface area contributed by atoms with Crippen LogP contribution >= 0.6 is 12.2 Å². The predicted octanol–water partition coefficient (Wildman–Crippen LogP) is 1.80. The number of nitrogens with zero attached hydrogens (tertiary/aromatic N) is 3. The molecule has 0 spiro atoms. The summed E-state index contributed by atoms with van der Waals surface area (Å²) < 4.78 is 25.5. The summed E-state index contributed by atoms with van der Waals surface area (Å²) in [6.45, 7) is 1.37. The number of hydrogen-bond donors (Lipinski definition) is 0. The lowest BCUT2D eigenvalue weighted by Crippen LogP contribution is -1.96. The van der Waals surface area contributed by atoms with Crippen molar-refractivity contribution in [2.45, 2.75) is 6.92 Å². The van der Waals surface area contributed by atoms with Crippen LogP contribution in [0.4, 0.5) is 14.5 Å². The van der Waals surface area contributed by atoms with Gasteiger partial charge in [0.15, 0.2) is 5.69 Å². The Morgan fingerprint density at radius 1 is 1.33 bits per heavy atom. The summed E-state index contributed by atoms with van der Waals surface area (Å²) in [6.07, 6.45) is 0. The van der Waals surface area contributed by atoms with Crippen molar-refractivity contribution >= 4 is 23.1 Å². The van der Waals surface area contributed by atoms with Gasteiger partial charge in [-0.25, -0.2) is 9.97 Å². The summed E-state index contributed by atoms with van der Waals surface area (Å²) in [5, 5.41) is 1.83. The van der Waals surface area contributed by atoms with Crippen LogP contribution in [0.15, 0.2) is 4.99 Å². The lowest BCUT2D eigenvalue weighted by molar-refractivity contribution is 0.523. The Labute approximate surface area is 72.2 Å². The van der Waals surface area contributed by atoms with E-state index in [2.05, 4.69) is 27.2 Å². The number of aryl methyl sites for hydroxylation is 1. The molecule has 0 saturated carbocycles. The molecule has 0 aliphatic rings. The smallest absolute Gasteiger partial charge is 0.203 e. The first kappa shape index (κ1) is 8.83. The maximum atomic E-state index is 12.7. The maximum absolute atomic E-state index is 12.7. The topological polar surface area (TPSA) is 38.1 Å². The molecule has 0 N–H and O–H groups in total. The van der Waals surface area contributed by atoms with Crippen LogP contribution in [0, 0.1) is 18.8 Å². The molecule has 62 valence electrons. The van der Waals surface area contributed by atoms with Gasteiger partial charge in [-0.3, -0.25) is 0 Å². The standard InChI is InChI=1S/C6H3F2N3S/c1-3-10-5(7)4(9-2-12)6(8)11-3/h1H3. The fourth-order valence-electron chi connectivity index (χ4n) is 0.638. The Morgan fingerprint density at radius 3 is 2.25 bits per heavy atom. The van der Waals surface area contributed by atoms with Gasteiger partial charge in [0.05, 0.1) is 5.16 Å². The maximum Gasteiger partial charge on any atom is 0.246 e. The highest BCUT2D eigenvalue weighted by molar-refractivity contribution is 7.78. The van der Waals surface area contributed by atoms with Crippen LogP contribution in [0.25, 0.3) is 0 Å². The van der Waals surface area contributed by atoms with Crippen molar-refractivity contribution in [2.75, 3.05) is 0 Å². The molecule has 0 atom stereocenters. The Hall–Kier alpha value is -1.26. The van der Waals surface area contributed by atoms with Crippen molar-refractivity contribution in [3.8, 4) is 0 Å². The van der Waals surface area contributed by atoms with Gasteiger partial charge in [-0.1, -0.05) is 0 Å². The Kier molecular flexibility index (Phi) is 2.52. The predicted molar refractivity (Wildman–Crippen MR) is 41.4 cm³/mol. The quantitative estimate of drug-likeness (QED) is 0.382. The molecule has 3 nitrogen and oxygen atoms in total. The highest BCUT2D eigenvalue weighted by atomic mass is 32.1. The van der Waals surface area contributed by atoms with Crippen LogP contribution in [0.3, 0.4) is 0 Å². The molecule has 1 aromatic heterocycles. The van der Waals surface area contributed by atoms with Gasteiger partial charge < -0.3 is 0 Å².